The summed E-state index contributed by atoms with van der Waals surface area (Å²) in [5.74, 6) is -1.25. The Morgan fingerprint density at radius 2 is 1.77 bits per heavy atom. The first-order valence-electron chi connectivity index (χ1n) is 9.16. The highest BCUT2D eigenvalue weighted by Crippen LogP contribution is 2.34. The van der Waals surface area contributed by atoms with Crippen LogP contribution in [0.25, 0.3) is 33.2 Å². The van der Waals surface area contributed by atoms with Crippen LogP contribution in [0.15, 0.2) is 85.8 Å². The summed E-state index contributed by atoms with van der Waals surface area (Å²) in [4.78, 5) is 31.4. The van der Waals surface area contributed by atoms with E-state index in [0.717, 1.165) is 33.2 Å². The van der Waals surface area contributed by atoms with Crippen LogP contribution in [-0.4, -0.2) is 27.0 Å². The average molecular weight is 395 g/mol. The number of carbonyl (C=O) groups is 2. The molecule has 2 N–H and O–H groups in total. The first-order valence-corrected chi connectivity index (χ1v) is 9.16. The van der Waals surface area contributed by atoms with Crippen molar-refractivity contribution in [1.29, 1.82) is 0 Å². The first-order chi connectivity index (χ1) is 14.5. The molecule has 30 heavy (non-hydrogen) atoms. The van der Waals surface area contributed by atoms with Crippen molar-refractivity contribution < 1.29 is 14.7 Å². The van der Waals surface area contributed by atoms with Gasteiger partial charge in [0.25, 0.3) is 0 Å². The molecule has 0 unspecified atom stereocenters. The number of rotatable bonds is 5. The Kier molecular flexibility index (Phi) is 5.05. The Morgan fingerprint density at radius 1 is 0.967 bits per heavy atom. The number of carbonyl (C=O) groups excluding carboxylic acids is 1. The Balaban J connectivity index is 1.85. The zero-order valence-electron chi connectivity index (χ0n) is 15.9. The molecule has 0 aliphatic carbocycles. The van der Waals surface area contributed by atoms with Crippen LogP contribution < -0.4 is 5.32 Å². The van der Waals surface area contributed by atoms with E-state index in [1.807, 2.05) is 30.3 Å². The number of carboxylic acid groups (broad SMARTS) is 1. The molecule has 0 aliphatic rings. The van der Waals surface area contributed by atoms with E-state index in [0.29, 0.717) is 5.69 Å². The van der Waals surface area contributed by atoms with E-state index in [1.54, 1.807) is 36.5 Å². The average Bonchev–Trinajstić information content (AvgIpc) is 2.78. The van der Waals surface area contributed by atoms with E-state index in [1.165, 1.54) is 12.4 Å². The normalized spacial score (nSPS) is 10.5. The van der Waals surface area contributed by atoms with E-state index < -0.39 is 5.97 Å². The van der Waals surface area contributed by atoms with Gasteiger partial charge in [0.2, 0.25) is 5.91 Å². The number of benzene rings is 3. The van der Waals surface area contributed by atoms with E-state index in [-0.39, 0.29) is 11.5 Å². The number of aromatic nitrogens is 2. The lowest BCUT2D eigenvalue weighted by Gasteiger charge is -2.12. The van der Waals surface area contributed by atoms with Gasteiger partial charge in [-0.3, -0.25) is 4.79 Å². The van der Waals surface area contributed by atoms with Crippen molar-refractivity contribution in [3.05, 3.63) is 91.4 Å². The second-order valence-electron chi connectivity index (χ2n) is 6.64. The van der Waals surface area contributed by atoms with Crippen molar-refractivity contribution >= 4 is 28.5 Å². The van der Waals surface area contributed by atoms with Crippen molar-refractivity contribution in [2.45, 2.75) is 0 Å². The Bertz CT molecular complexity index is 1280. The van der Waals surface area contributed by atoms with Gasteiger partial charge in [-0.2, -0.15) is 0 Å². The van der Waals surface area contributed by atoms with E-state index in [9.17, 15) is 9.59 Å². The van der Waals surface area contributed by atoms with Gasteiger partial charge in [0, 0.05) is 22.8 Å². The molecule has 0 fully saturated rings. The first kappa shape index (κ1) is 19.0. The maximum Gasteiger partial charge on any atom is 0.335 e. The van der Waals surface area contributed by atoms with E-state index in [4.69, 9.17) is 5.11 Å². The SMILES string of the molecule is C=CC(=O)Nc1cccc(-c2cc(-c3ccc(C(=O)O)cc3)cc3cncnc23)c1. The molecule has 1 amide bonds. The monoisotopic (exact) mass is 395 g/mol. The van der Waals surface area contributed by atoms with Gasteiger partial charge in [-0.15, -0.1) is 0 Å². The standard InChI is InChI=1S/C24H17N3O3/c1-2-22(28)27-20-5-3-4-17(11-20)21-12-18(10-19-13-25-14-26-23(19)21)15-6-8-16(9-7-15)24(29)30/h2-14H,1H2,(H,27,28)(H,29,30). The van der Waals surface area contributed by atoms with Crippen molar-refractivity contribution in [3.8, 4) is 22.3 Å². The molecular weight excluding hydrogens is 378 g/mol. The van der Waals surface area contributed by atoms with E-state index >= 15 is 0 Å². The molecule has 0 saturated carbocycles. The Hall–Kier alpha value is -4.32. The molecule has 0 aliphatic heterocycles. The number of nitrogens with zero attached hydrogens (tertiary/aromatic N) is 2. The fraction of sp³-hybridized carbons (Fsp3) is 0. The van der Waals surface area contributed by atoms with Gasteiger partial charge in [-0.1, -0.05) is 30.8 Å². The van der Waals surface area contributed by atoms with Crippen molar-refractivity contribution in [2.24, 2.45) is 0 Å². The maximum atomic E-state index is 11.7. The molecule has 146 valence electrons. The summed E-state index contributed by atoms with van der Waals surface area (Å²) >= 11 is 0. The van der Waals surface area contributed by atoms with Gasteiger partial charge in [0.15, 0.2) is 0 Å². The third kappa shape index (κ3) is 3.79. The van der Waals surface area contributed by atoms with Crippen molar-refractivity contribution in [1.82, 2.24) is 9.97 Å². The van der Waals surface area contributed by atoms with Gasteiger partial charge in [-0.05, 0) is 59.2 Å². The van der Waals surface area contributed by atoms with Crippen molar-refractivity contribution in [2.75, 3.05) is 5.32 Å². The number of fused-ring (bicyclic) bond motifs is 1. The summed E-state index contributed by atoms with van der Waals surface area (Å²) in [5.41, 5.74) is 5.20. The lowest BCUT2D eigenvalue weighted by Crippen LogP contribution is -2.07. The quantitative estimate of drug-likeness (QED) is 0.474. The minimum Gasteiger partial charge on any atom is -0.478 e. The number of amides is 1. The molecule has 0 spiro atoms. The fourth-order valence-electron chi connectivity index (χ4n) is 3.25. The largest absolute Gasteiger partial charge is 0.478 e. The highest BCUT2D eigenvalue weighted by Gasteiger charge is 2.11. The van der Waals surface area contributed by atoms with E-state index in [2.05, 4.69) is 21.9 Å². The second kappa shape index (κ2) is 7.97. The number of hydrogen-bond acceptors (Lipinski definition) is 4. The Labute approximate surface area is 172 Å². The number of aromatic carboxylic acids is 1. The molecule has 3 aromatic carbocycles. The maximum absolute atomic E-state index is 11.7. The zero-order chi connectivity index (χ0) is 21.1. The van der Waals surface area contributed by atoms with Crippen LogP contribution in [0.5, 0.6) is 0 Å². The summed E-state index contributed by atoms with van der Waals surface area (Å²) < 4.78 is 0. The molecule has 4 rings (SSSR count). The summed E-state index contributed by atoms with van der Waals surface area (Å²) in [5, 5.41) is 12.8. The predicted octanol–water partition coefficient (Wildman–Crippen LogP) is 4.79. The third-order valence-corrected chi connectivity index (χ3v) is 4.70. The molecule has 0 bridgehead atoms. The molecular formula is C24H17N3O3. The van der Waals surface area contributed by atoms with Gasteiger partial charge in [-0.25, -0.2) is 14.8 Å². The molecule has 0 radical (unpaired) electrons. The number of carboxylic acids is 1. The molecule has 4 aromatic rings. The van der Waals surface area contributed by atoms with Gasteiger partial charge in [0.05, 0.1) is 11.1 Å². The van der Waals surface area contributed by atoms with Gasteiger partial charge >= 0.3 is 5.97 Å². The minimum absolute atomic E-state index is 0.230. The molecule has 6 nitrogen and oxygen atoms in total. The number of nitrogens with one attached hydrogen (secondary N) is 1. The molecule has 6 heteroatoms. The predicted molar refractivity (Wildman–Crippen MR) is 116 cm³/mol. The minimum atomic E-state index is -0.965. The van der Waals surface area contributed by atoms with Crippen LogP contribution in [0.4, 0.5) is 5.69 Å². The van der Waals surface area contributed by atoms with Crippen LogP contribution >= 0.6 is 0 Å². The topological polar surface area (TPSA) is 92.2 Å². The highest BCUT2D eigenvalue weighted by molar-refractivity contribution is 6.01. The molecule has 1 heterocycles. The van der Waals surface area contributed by atoms with Crippen LogP contribution in [0.2, 0.25) is 0 Å². The lowest BCUT2D eigenvalue weighted by atomic mass is 9.95. The number of hydrogen-bond donors (Lipinski definition) is 2. The summed E-state index contributed by atoms with van der Waals surface area (Å²) in [7, 11) is 0. The Morgan fingerprint density at radius 3 is 2.50 bits per heavy atom. The van der Waals surface area contributed by atoms with Gasteiger partial charge < -0.3 is 10.4 Å². The van der Waals surface area contributed by atoms with Crippen LogP contribution in [0.1, 0.15) is 10.4 Å². The van der Waals surface area contributed by atoms with Crippen molar-refractivity contribution in [3.63, 3.8) is 0 Å². The molecule has 0 atom stereocenters. The molecule has 0 saturated heterocycles. The highest BCUT2D eigenvalue weighted by atomic mass is 16.4. The fourth-order valence-corrected chi connectivity index (χ4v) is 3.25. The second-order valence-corrected chi connectivity index (χ2v) is 6.64. The van der Waals surface area contributed by atoms with Crippen LogP contribution in [0, 0.1) is 0 Å². The van der Waals surface area contributed by atoms with Crippen LogP contribution in [0.3, 0.4) is 0 Å². The van der Waals surface area contributed by atoms with Crippen LogP contribution in [-0.2, 0) is 4.79 Å². The third-order valence-electron chi connectivity index (χ3n) is 4.70. The summed E-state index contributed by atoms with van der Waals surface area (Å²) in [6, 6.07) is 18.2. The van der Waals surface area contributed by atoms with Gasteiger partial charge in [0.1, 0.15) is 6.33 Å². The zero-order valence-corrected chi connectivity index (χ0v) is 15.9. The lowest BCUT2D eigenvalue weighted by molar-refractivity contribution is -0.111. The molecule has 1 aromatic heterocycles. The summed E-state index contributed by atoms with van der Waals surface area (Å²) in [6.07, 6.45) is 4.46. The number of anilines is 1. The smallest absolute Gasteiger partial charge is 0.335 e. The summed E-state index contributed by atoms with van der Waals surface area (Å²) in [6.45, 7) is 3.47.